The maximum atomic E-state index is 13.2. The van der Waals surface area contributed by atoms with Crippen molar-refractivity contribution >= 4 is 11.6 Å². The zero-order valence-electron chi connectivity index (χ0n) is 15.3. The molecule has 1 heterocycles. The molecular formula is C21H26N2O3. The van der Waals surface area contributed by atoms with Crippen LogP contribution in [0.25, 0.3) is 0 Å². The van der Waals surface area contributed by atoms with Gasteiger partial charge in [0.1, 0.15) is 11.8 Å². The molecule has 1 aliphatic heterocycles. The summed E-state index contributed by atoms with van der Waals surface area (Å²) in [5.41, 5.74) is 2.63. The van der Waals surface area contributed by atoms with E-state index in [1.54, 1.807) is 7.11 Å². The third kappa shape index (κ3) is 4.23. The molecule has 0 bridgehead atoms. The maximum Gasteiger partial charge on any atom is 0.246 e. The Labute approximate surface area is 154 Å². The summed E-state index contributed by atoms with van der Waals surface area (Å²) in [4.78, 5) is 15.3. The first-order valence-corrected chi connectivity index (χ1v) is 9.01. The SMILES string of the molecule is COc1ccc(C)cc1NC(=O)C(c1ccccc1)N1CCCC(O)C1. The van der Waals surface area contributed by atoms with Crippen molar-refractivity contribution in [2.45, 2.75) is 31.9 Å². The molecular weight excluding hydrogens is 328 g/mol. The van der Waals surface area contributed by atoms with Crippen molar-refractivity contribution in [2.75, 3.05) is 25.5 Å². The molecule has 0 aliphatic carbocycles. The minimum atomic E-state index is -0.448. The molecule has 0 aromatic heterocycles. The van der Waals surface area contributed by atoms with Gasteiger partial charge in [-0.05, 0) is 49.6 Å². The summed E-state index contributed by atoms with van der Waals surface area (Å²) in [7, 11) is 1.59. The highest BCUT2D eigenvalue weighted by atomic mass is 16.5. The normalized spacial score (nSPS) is 19.0. The van der Waals surface area contributed by atoms with Gasteiger partial charge < -0.3 is 15.2 Å². The van der Waals surface area contributed by atoms with Crippen LogP contribution in [0.2, 0.25) is 0 Å². The first-order valence-electron chi connectivity index (χ1n) is 9.01. The van der Waals surface area contributed by atoms with Crippen LogP contribution in [0.1, 0.15) is 30.0 Å². The van der Waals surface area contributed by atoms with Crippen LogP contribution in [-0.2, 0) is 4.79 Å². The number of piperidine rings is 1. The Morgan fingerprint density at radius 3 is 2.73 bits per heavy atom. The van der Waals surface area contributed by atoms with Crippen molar-refractivity contribution < 1.29 is 14.6 Å². The van der Waals surface area contributed by atoms with Crippen molar-refractivity contribution in [1.29, 1.82) is 0 Å². The molecule has 2 aromatic rings. The molecule has 2 unspecified atom stereocenters. The van der Waals surface area contributed by atoms with Gasteiger partial charge in [0.05, 0.1) is 18.9 Å². The second-order valence-electron chi connectivity index (χ2n) is 6.80. The molecule has 5 heteroatoms. The predicted octanol–water partition coefficient (Wildman–Crippen LogP) is 3.14. The van der Waals surface area contributed by atoms with E-state index in [1.807, 2.05) is 55.5 Å². The first kappa shape index (κ1) is 18.4. The van der Waals surface area contributed by atoms with Crippen molar-refractivity contribution in [2.24, 2.45) is 0 Å². The number of aliphatic hydroxyl groups excluding tert-OH is 1. The average Bonchev–Trinajstić information content (AvgIpc) is 2.63. The third-order valence-corrected chi connectivity index (χ3v) is 4.77. The molecule has 2 aromatic carbocycles. The van der Waals surface area contributed by atoms with E-state index in [-0.39, 0.29) is 5.91 Å². The highest BCUT2D eigenvalue weighted by molar-refractivity contribution is 5.96. The average molecular weight is 354 g/mol. The molecule has 2 atom stereocenters. The summed E-state index contributed by atoms with van der Waals surface area (Å²) in [5.74, 6) is 0.517. The summed E-state index contributed by atoms with van der Waals surface area (Å²) < 4.78 is 5.38. The Morgan fingerprint density at radius 1 is 1.27 bits per heavy atom. The summed E-state index contributed by atoms with van der Waals surface area (Å²) in [6.07, 6.45) is 1.27. The number of aryl methyl sites for hydroxylation is 1. The van der Waals surface area contributed by atoms with Crippen molar-refractivity contribution in [1.82, 2.24) is 4.90 Å². The van der Waals surface area contributed by atoms with Crippen LogP contribution in [0.3, 0.4) is 0 Å². The molecule has 1 fully saturated rings. The fourth-order valence-corrected chi connectivity index (χ4v) is 3.50. The Bertz CT molecular complexity index is 748. The van der Waals surface area contributed by atoms with Gasteiger partial charge in [-0.1, -0.05) is 36.4 Å². The number of aliphatic hydroxyl groups is 1. The van der Waals surface area contributed by atoms with Gasteiger partial charge in [-0.2, -0.15) is 0 Å². The molecule has 26 heavy (non-hydrogen) atoms. The molecule has 0 radical (unpaired) electrons. The second-order valence-corrected chi connectivity index (χ2v) is 6.80. The quantitative estimate of drug-likeness (QED) is 0.866. The number of hydrogen-bond donors (Lipinski definition) is 2. The fraction of sp³-hybridized carbons (Fsp3) is 0.381. The van der Waals surface area contributed by atoms with Gasteiger partial charge >= 0.3 is 0 Å². The van der Waals surface area contributed by atoms with E-state index in [1.165, 1.54) is 0 Å². The summed E-state index contributed by atoms with van der Waals surface area (Å²) in [5, 5.41) is 13.1. The number of ether oxygens (including phenoxy) is 1. The summed E-state index contributed by atoms with van der Waals surface area (Å²) in [6, 6.07) is 15.0. The van der Waals surface area contributed by atoms with E-state index in [0.29, 0.717) is 18.0 Å². The minimum absolute atomic E-state index is 0.116. The molecule has 3 rings (SSSR count). The lowest BCUT2D eigenvalue weighted by atomic mass is 9.99. The number of carbonyl (C=O) groups excluding carboxylic acids is 1. The maximum absolute atomic E-state index is 13.2. The summed E-state index contributed by atoms with van der Waals surface area (Å²) in [6.45, 7) is 3.26. The first-order chi connectivity index (χ1) is 12.6. The number of β-amino-alcohol motifs (C(OH)–C–C–N with tert-alkyl or cyclic N) is 1. The van der Waals surface area contributed by atoms with Crippen LogP contribution in [0.4, 0.5) is 5.69 Å². The number of hydrogen-bond acceptors (Lipinski definition) is 4. The molecule has 5 nitrogen and oxygen atoms in total. The Morgan fingerprint density at radius 2 is 2.04 bits per heavy atom. The fourth-order valence-electron chi connectivity index (χ4n) is 3.50. The van der Waals surface area contributed by atoms with Crippen LogP contribution in [0, 0.1) is 6.92 Å². The van der Waals surface area contributed by atoms with E-state index < -0.39 is 12.1 Å². The zero-order valence-corrected chi connectivity index (χ0v) is 15.3. The zero-order chi connectivity index (χ0) is 18.5. The lowest BCUT2D eigenvalue weighted by Gasteiger charge is -2.36. The van der Waals surface area contributed by atoms with Crippen molar-refractivity contribution in [3.8, 4) is 5.75 Å². The Kier molecular flexibility index (Phi) is 5.91. The number of rotatable bonds is 5. The molecule has 1 amide bonds. The number of carbonyl (C=O) groups is 1. The third-order valence-electron chi connectivity index (χ3n) is 4.77. The van der Waals surface area contributed by atoms with Crippen molar-refractivity contribution in [3.05, 3.63) is 59.7 Å². The lowest BCUT2D eigenvalue weighted by Crippen LogP contribution is -2.44. The number of likely N-dealkylation sites (tertiary alicyclic amines) is 1. The number of nitrogens with zero attached hydrogens (tertiary/aromatic N) is 1. The standard InChI is InChI=1S/C21H26N2O3/c1-15-10-11-19(26-2)18(13-15)22-21(25)20(16-7-4-3-5-8-16)23-12-6-9-17(24)14-23/h3-5,7-8,10-11,13,17,20,24H,6,9,12,14H2,1-2H3,(H,22,25). The smallest absolute Gasteiger partial charge is 0.246 e. The van der Waals surface area contributed by atoms with Crippen LogP contribution < -0.4 is 10.1 Å². The number of methoxy groups -OCH3 is 1. The van der Waals surface area contributed by atoms with Gasteiger partial charge in [-0.25, -0.2) is 0 Å². The van der Waals surface area contributed by atoms with E-state index >= 15 is 0 Å². The van der Waals surface area contributed by atoms with Crippen LogP contribution in [-0.4, -0.2) is 42.2 Å². The predicted molar refractivity (Wildman–Crippen MR) is 102 cm³/mol. The molecule has 1 saturated heterocycles. The highest BCUT2D eigenvalue weighted by Gasteiger charge is 2.31. The van der Waals surface area contributed by atoms with Crippen LogP contribution in [0.15, 0.2) is 48.5 Å². The second kappa shape index (κ2) is 8.34. The van der Waals surface area contributed by atoms with E-state index in [0.717, 1.165) is 30.5 Å². The summed E-state index contributed by atoms with van der Waals surface area (Å²) >= 11 is 0. The van der Waals surface area contributed by atoms with Crippen LogP contribution >= 0.6 is 0 Å². The Hall–Kier alpha value is -2.37. The number of amides is 1. The van der Waals surface area contributed by atoms with Gasteiger partial charge in [-0.15, -0.1) is 0 Å². The van der Waals surface area contributed by atoms with Crippen molar-refractivity contribution in [3.63, 3.8) is 0 Å². The van der Waals surface area contributed by atoms with E-state index in [2.05, 4.69) is 10.2 Å². The minimum Gasteiger partial charge on any atom is -0.495 e. The monoisotopic (exact) mass is 354 g/mol. The molecule has 0 saturated carbocycles. The number of nitrogens with one attached hydrogen (secondary N) is 1. The van der Waals surface area contributed by atoms with Gasteiger partial charge in [0.25, 0.3) is 0 Å². The molecule has 0 spiro atoms. The van der Waals surface area contributed by atoms with Gasteiger partial charge in [-0.3, -0.25) is 9.69 Å². The van der Waals surface area contributed by atoms with Gasteiger partial charge in [0, 0.05) is 6.54 Å². The van der Waals surface area contributed by atoms with E-state index in [9.17, 15) is 9.90 Å². The van der Waals surface area contributed by atoms with E-state index in [4.69, 9.17) is 4.74 Å². The van der Waals surface area contributed by atoms with Gasteiger partial charge in [0.2, 0.25) is 5.91 Å². The molecule has 138 valence electrons. The van der Waals surface area contributed by atoms with Crippen LogP contribution in [0.5, 0.6) is 5.75 Å². The number of benzene rings is 2. The highest BCUT2D eigenvalue weighted by Crippen LogP contribution is 2.30. The topological polar surface area (TPSA) is 61.8 Å². The Balaban J connectivity index is 1.89. The lowest BCUT2D eigenvalue weighted by molar-refractivity contribution is -0.122. The molecule has 1 aliphatic rings. The largest absolute Gasteiger partial charge is 0.495 e. The van der Waals surface area contributed by atoms with Gasteiger partial charge in [0.15, 0.2) is 0 Å². The molecule has 2 N–H and O–H groups in total. The number of anilines is 1.